The Morgan fingerprint density at radius 2 is 2.29 bits per heavy atom. The minimum atomic E-state index is 0.675. The molecule has 1 aliphatic rings. The van der Waals surface area contributed by atoms with Crippen LogP contribution in [0.1, 0.15) is 51.8 Å². The zero-order chi connectivity index (χ0) is 12.1. The highest BCUT2D eigenvalue weighted by Gasteiger charge is 2.24. The summed E-state index contributed by atoms with van der Waals surface area (Å²) in [5.74, 6) is 2.18. The van der Waals surface area contributed by atoms with Crippen molar-refractivity contribution in [3.8, 4) is 0 Å². The maximum Gasteiger partial charge on any atom is 0.122 e. The summed E-state index contributed by atoms with van der Waals surface area (Å²) in [6, 6.07) is 0.675. The van der Waals surface area contributed by atoms with Gasteiger partial charge >= 0.3 is 0 Å². The van der Waals surface area contributed by atoms with Gasteiger partial charge in [0.2, 0.25) is 0 Å². The van der Waals surface area contributed by atoms with Gasteiger partial charge in [0.15, 0.2) is 0 Å². The van der Waals surface area contributed by atoms with Gasteiger partial charge < -0.3 is 9.88 Å². The molecule has 3 heteroatoms. The monoisotopic (exact) mass is 235 g/mol. The van der Waals surface area contributed by atoms with Crippen molar-refractivity contribution < 1.29 is 0 Å². The van der Waals surface area contributed by atoms with Crippen LogP contribution in [-0.4, -0.2) is 15.6 Å². The van der Waals surface area contributed by atoms with E-state index >= 15 is 0 Å². The number of nitrogens with zero attached hydrogens (tertiary/aromatic N) is 2. The van der Waals surface area contributed by atoms with Crippen molar-refractivity contribution in [2.75, 3.05) is 0 Å². The van der Waals surface area contributed by atoms with Crippen LogP contribution in [-0.2, 0) is 13.1 Å². The molecule has 0 aliphatic heterocycles. The van der Waals surface area contributed by atoms with Gasteiger partial charge in [0.05, 0.1) is 6.54 Å². The minimum Gasteiger partial charge on any atom is -0.334 e. The van der Waals surface area contributed by atoms with Crippen LogP contribution in [0.5, 0.6) is 0 Å². The van der Waals surface area contributed by atoms with Crippen molar-refractivity contribution >= 4 is 0 Å². The van der Waals surface area contributed by atoms with E-state index in [1.807, 2.05) is 6.20 Å². The molecule has 0 bridgehead atoms. The summed E-state index contributed by atoms with van der Waals surface area (Å²) in [5.41, 5.74) is 0. The molecule has 0 amide bonds. The molecule has 0 spiro atoms. The van der Waals surface area contributed by atoms with Crippen molar-refractivity contribution in [2.45, 2.75) is 65.1 Å². The Labute approximate surface area is 105 Å². The fraction of sp³-hybridized carbons (Fsp3) is 0.786. The average Bonchev–Trinajstić information content (AvgIpc) is 3.05. The van der Waals surface area contributed by atoms with Crippen LogP contribution >= 0.6 is 0 Å². The molecule has 96 valence electrons. The van der Waals surface area contributed by atoms with Crippen LogP contribution in [0, 0.1) is 5.92 Å². The van der Waals surface area contributed by atoms with Gasteiger partial charge in [-0.05, 0) is 25.2 Å². The highest BCUT2D eigenvalue weighted by molar-refractivity contribution is 4.92. The first-order valence-electron chi connectivity index (χ1n) is 7.06. The minimum absolute atomic E-state index is 0.675. The van der Waals surface area contributed by atoms with E-state index < -0.39 is 0 Å². The summed E-state index contributed by atoms with van der Waals surface area (Å²) in [5, 5.41) is 3.66. The lowest BCUT2D eigenvalue weighted by atomic mass is 10.1. The fourth-order valence-electron chi connectivity index (χ4n) is 2.34. The first-order chi connectivity index (χ1) is 8.33. The average molecular weight is 235 g/mol. The van der Waals surface area contributed by atoms with E-state index in [2.05, 4.69) is 34.9 Å². The van der Waals surface area contributed by atoms with Crippen molar-refractivity contribution in [1.29, 1.82) is 0 Å². The van der Waals surface area contributed by atoms with Crippen molar-refractivity contribution in [2.24, 2.45) is 5.92 Å². The highest BCUT2D eigenvalue weighted by atomic mass is 15.1. The van der Waals surface area contributed by atoms with E-state index in [0.717, 1.165) is 19.0 Å². The second-order valence-corrected chi connectivity index (χ2v) is 5.20. The summed E-state index contributed by atoms with van der Waals surface area (Å²) in [7, 11) is 0. The second kappa shape index (κ2) is 6.20. The van der Waals surface area contributed by atoms with Crippen LogP contribution in [0.3, 0.4) is 0 Å². The van der Waals surface area contributed by atoms with Crippen LogP contribution < -0.4 is 5.32 Å². The molecule has 2 rings (SSSR count). The molecule has 1 aromatic rings. The first kappa shape index (κ1) is 12.6. The van der Waals surface area contributed by atoms with E-state index in [-0.39, 0.29) is 0 Å². The number of hydrogen-bond donors (Lipinski definition) is 1. The topological polar surface area (TPSA) is 29.9 Å². The number of hydrogen-bond acceptors (Lipinski definition) is 2. The molecular weight excluding hydrogens is 210 g/mol. The molecule has 1 aromatic heterocycles. The Morgan fingerprint density at radius 3 is 2.94 bits per heavy atom. The van der Waals surface area contributed by atoms with Gasteiger partial charge in [-0.2, -0.15) is 0 Å². The summed E-state index contributed by atoms with van der Waals surface area (Å²) in [6.45, 7) is 6.48. The van der Waals surface area contributed by atoms with Gasteiger partial charge in [0.1, 0.15) is 5.82 Å². The third-order valence-electron chi connectivity index (χ3n) is 3.62. The Morgan fingerprint density at radius 1 is 1.47 bits per heavy atom. The maximum atomic E-state index is 4.44. The molecule has 1 saturated carbocycles. The van der Waals surface area contributed by atoms with Gasteiger partial charge in [0.25, 0.3) is 0 Å². The Balaban J connectivity index is 1.80. The molecule has 3 nitrogen and oxygen atoms in total. The lowest BCUT2D eigenvalue weighted by Gasteiger charge is -2.16. The zero-order valence-corrected chi connectivity index (χ0v) is 11.2. The van der Waals surface area contributed by atoms with Crippen LogP contribution in [0.4, 0.5) is 0 Å². The maximum absolute atomic E-state index is 4.44. The molecule has 0 saturated heterocycles. The molecule has 1 aliphatic carbocycles. The zero-order valence-electron chi connectivity index (χ0n) is 11.2. The van der Waals surface area contributed by atoms with Crippen molar-refractivity contribution in [3.05, 3.63) is 18.2 Å². The first-order valence-corrected chi connectivity index (χ1v) is 7.06. The predicted molar refractivity (Wildman–Crippen MR) is 70.8 cm³/mol. The highest BCUT2D eigenvalue weighted by Crippen LogP contribution is 2.34. The summed E-state index contributed by atoms with van der Waals surface area (Å²) in [6.07, 6.45) is 10.6. The van der Waals surface area contributed by atoms with E-state index in [1.165, 1.54) is 37.9 Å². The second-order valence-electron chi connectivity index (χ2n) is 5.20. The largest absolute Gasteiger partial charge is 0.334 e. The van der Waals surface area contributed by atoms with E-state index in [1.54, 1.807) is 0 Å². The molecule has 1 fully saturated rings. The number of aromatic nitrogens is 2. The predicted octanol–water partition coefficient (Wildman–Crippen LogP) is 2.96. The van der Waals surface area contributed by atoms with Gasteiger partial charge in [0, 0.05) is 25.0 Å². The van der Waals surface area contributed by atoms with Gasteiger partial charge in [-0.25, -0.2) is 4.98 Å². The van der Waals surface area contributed by atoms with Crippen molar-refractivity contribution in [3.63, 3.8) is 0 Å². The van der Waals surface area contributed by atoms with Crippen molar-refractivity contribution in [1.82, 2.24) is 14.9 Å². The lowest BCUT2D eigenvalue weighted by molar-refractivity contribution is 0.432. The van der Waals surface area contributed by atoms with Gasteiger partial charge in [-0.3, -0.25) is 0 Å². The Bertz CT molecular complexity index is 328. The SMILES string of the molecule is CCCn1ccnc1CNC(CC)CC1CC1. The third-order valence-corrected chi connectivity index (χ3v) is 3.62. The number of nitrogens with one attached hydrogen (secondary N) is 1. The standard InChI is InChI=1S/C14H25N3/c1-3-8-17-9-7-15-14(17)11-16-13(4-2)10-12-5-6-12/h7,9,12-13,16H,3-6,8,10-11H2,1-2H3. The van der Waals surface area contributed by atoms with Crippen LogP contribution in [0.2, 0.25) is 0 Å². The molecule has 1 unspecified atom stereocenters. The van der Waals surface area contributed by atoms with Gasteiger partial charge in [-0.15, -0.1) is 0 Å². The fourth-order valence-corrected chi connectivity index (χ4v) is 2.34. The van der Waals surface area contributed by atoms with E-state index in [4.69, 9.17) is 0 Å². The number of rotatable bonds is 8. The Hall–Kier alpha value is -0.830. The Kier molecular flexibility index (Phi) is 4.60. The molecule has 1 heterocycles. The number of imidazole rings is 1. The van der Waals surface area contributed by atoms with Gasteiger partial charge in [-0.1, -0.05) is 26.7 Å². The molecular formula is C14H25N3. The molecule has 0 radical (unpaired) electrons. The summed E-state index contributed by atoms with van der Waals surface area (Å²) in [4.78, 5) is 4.44. The van der Waals surface area contributed by atoms with E-state index in [0.29, 0.717) is 6.04 Å². The number of aryl methyl sites for hydroxylation is 1. The molecule has 1 atom stereocenters. The molecule has 1 N–H and O–H groups in total. The third kappa shape index (κ3) is 3.84. The van der Waals surface area contributed by atoms with Crippen LogP contribution in [0.15, 0.2) is 12.4 Å². The molecule has 17 heavy (non-hydrogen) atoms. The molecule has 0 aromatic carbocycles. The van der Waals surface area contributed by atoms with E-state index in [9.17, 15) is 0 Å². The summed E-state index contributed by atoms with van der Waals surface area (Å²) < 4.78 is 2.26. The lowest BCUT2D eigenvalue weighted by Crippen LogP contribution is -2.29. The van der Waals surface area contributed by atoms with Crippen LogP contribution in [0.25, 0.3) is 0 Å². The quantitative estimate of drug-likeness (QED) is 0.750. The smallest absolute Gasteiger partial charge is 0.122 e. The summed E-state index contributed by atoms with van der Waals surface area (Å²) >= 11 is 0. The normalized spacial score (nSPS) is 17.3.